The molecule has 2 aromatic carbocycles. The van der Waals surface area contributed by atoms with Crippen molar-refractivity contribution in [2.24, 2.45) is 0 Å². The quantitative estimate of drug-likeness (QED) is 0.620. The number of hydrogen-bond donors (Lipinski definition) is 0. The number of fused-ring (bicyclic) bond motifs is 1. The van der Waals surface area contributed by atoms with Crippen molar-refractivity contribution in [2.45, 2.75) is 25.8 Å². The molecule has 0 fully saturated rings. The van der Waals surface area contributed by atoms with Crippen molar-refractivity contribution in [2.75, 3.05) is 7.11 Å². The second-order valence-electron chi connectivity index (χ2n) is 6.05. The van der Waals surface area contributed by atoms with Crippen LogP contribution in [-0.4, -0.2) is 23.9 Å². The van der Waals surface area contributed by atoms with E-state index in [9.17, 15) is 9.59 Å². The predicted octanol–water partition coefficient (Wildman–Crippen LogP) is 3.57. The van der Waals surface area contributed by atoms with Crippen molar-refractivity contribution in [1.82, 2.24) is 4.90 Å². The first kappa shape index (κ1) is 17.0. The molecule has 3 rings (SSSR count). The minimum Gasteiger partial charge on any atom is -0.469 e. The van der Waals surface area contributed by atoms with E-state index in [-0.39, 0.29) is 12.3 Å². The van der Waals surface area contributed by atoms with Gasteiger partial charge in [0.05, 0.1) is 13.7 Å². The van der Waals surface area contributed by atoms with Gasteiger partial charge in [-0.3, -0.25) is 9.59 Å². The third-order valence-corrected chi connectivity index (χ3v) is 4.38. The highest BCUT2D eigenvalue weighted by molar-refractivity contribution is 5.95. The van der Waals surface area contributed by atoms with E-state index in [1.807, 2.05) is 42.5 Å². The van der Waals surface area contributed by atoms with Gasteiger partial charge in [-0.25, -0.2) is 0 Å². The van der Waals surface area contributed by atoms with Gasteiger partial charge in [0.2, 0.25) is 5.91 Å². The largest absolute Gasteiger partial charge is 0.469 e. The standard InChI is InChI=1S/C21H21NO3/c1-25-21(24)14-20(23)22(15-16-7-3-2-4-8-16)19-12-11-17-9-5-6-10-18(17)13-19/h2-10,13H,11-12,14-15H2,1H3. The van der Waals surface area contributed by atoms with Crippen LogP contribution in [0.4, 0.5) is 0 Å². The van der Waals surface area contributed by atoms with Crippen LogP contribution in [0.2, 0.25) is 0 Å². The fraction of sp³-hybridized carbons (Fsp3) is 0.238. The van der Waals surface area contributed by atoms with E-state index in [1.165, 1.54) is 12.7 Å². The number of esters is 1. The van der Waals surface area contributed by atoms with E-state index in [0.717, 1.165) is 29.7 Å². The predicted molar refractivity (Wildman–Crippen MR) is 96.4 cm³/mol. The molecule has 0 unspecified atom stereocenters. The summed E-state index contributed by atoms with van der Waals surface area (Å²) >= 11 is 0. The number of allylic oxidation sites excluding steroid dienone is 1. The van der Waals surface area contributed by atoms with E-state index in [0.29, 0.717) is 6.54 Å². The van der Waals surface area contributed by atoms with Crippen LogP contribution in [0.25, 0.3) is 6.08 Å². The molecule has 0 atom stereocenters. The van der Waals surface area contributed by atoms with Crippen LogP contribution in [0.15, 0.2) is 60.3 Å². The Labute approximate surface area is 147 Å². The summed E-state index contributed by atoms with van der Waals surface area (Å²) in [6, 6.07) is 18.0. The van der Waals surface area contributed by atoms with Gasteiger partial charge in [-0.05, 0) is 35.6 Å². The summed E-state index contributed by atoms with van der Waals surface area (Å²) in [4.78, 5) is 26.0. The number of carbonyl (C=O) groups excluding carboxylic acids is 2. The summed E-state index contributed by atoms with van der Waals surface area (Å²) in [5.41, 5.74) is 4.39. The number of carbonyl (C=O) groups is 2. The molecule has 0 saturated carbocycles. The number of amides is 1. The molecule has 0 saturated heterocycles. The van der Waals surface area contributed by atoms with Crippen LogP contribution in [-0.2, 0) is 27.3 Å². The molecule has 1 aliphatic carbocycles. The Balaban J connectivity index is 1.89. The fourth-order valence-corrected chi connectivity index (χ4v) is 3.04. The highest BCUT2D eigenvalue weighted by atomic mass is 16.5. The van der Waals surface area contributed by atoms with Crippen molar-refractivity contribution in [3.63, 3.8) is 0 Å². The molecule has 1 aliphatic rings. The Hall–Kier alpha value is -2.88. The molecular formula is C21H21NO3. The van der Waals surface area contributed by atoms with E-state index in [4.69, 9.17) is 0 Å². The molecule has 0 bridgehead atoms. The van der Waals surface area contributed by atoms with Crippen LogP contribution >= 0.6 is 0 Å². The van der Waals surface area contributed by atoms with Gasteiger partial charge in [0, 0.05) is 5.70 Å². The number of rotatable bonds is 5. The smallest absolute Gasteiger partial charge is 0.315 e. The van der Waals surface area contributed by atoms with Gasteiger partial charge < -0.3 is 9.64 Å². The van der Waals surface area contributed by atoms with E-state index >= 15 is 0 Å². The Morgan fingerprint density at radius 3 is 2.48 bits per heavy atom. The Bertz CT molecular complexity index is 796. The van der Waals surface area contributed by atoms with Crippen LogP contribution in [0.1, 0.15) is 29.5 Å². The molecule has 4 heteroatoms. The third kappa shape index (κ3) is 4.15. The lowest BCUT2D eigenvalue weighted by molar-refractivity contribution is -0.146. The fourth-order valence-electron chi connectivity index (χ4n) is 3.04. The Kier molecular flexibility index (Phi) is 5.29. The van der Waals surface area contributed by atoms with E-state index in [2.05, 4.69) is 22.9 Å². The molecule has 0 heterocycles. The molecule has 0 N–H and O–H groups in total. The van der Waals surface area contributed by atoms with Crippen molar-refractivity contribution in [3.05, 3.63) is 77.0 Å². The number of methoxy groups -OCH3 is 1. The summed E-state index contributed by atoms with van der Waals surface area (Å²) in [6.07, 6.45) is 3.47. The lowest BCUT2D eigenvalue weighted by Crippen LogP contribution is -2.32. The van der Waals surface area contributed by atoms with Crippen LogP contribution in [0.5, 0.6) is 0 Å². The van der Waals surface area contributed by atoms with Gasteiger partial charge in [0.25, 0.3) is 0 Å². The zero-order valence-electron chi connectivity index (χ0n) is 14.3. The first-order valence-electron chi connectivity index (χ1n) is 8.37. The highest BCUT2D eigenvalue weighted by Crippen LogP contribution is 2.27. The summed E-state index contributed by atoms with van der Waals surface area (Å²) in [7, 11) is 1.30. The van der Waals surface area contributed by atoms with Gasteiger partial charge in [-0.15, -0.1) is 0 Å². The van der Waals surface area contributed by atoms with Crippen molar-refractivity contribution in [1.29, 1.82) is 0 Å². The van der Waals surface area contributed by atoms with Crippen LogP contribution < -0.4 is 0 Å². The molecule has 25 heavy (non-hydrogen) atoms. The second kappa shape index (κ2) is 7.79. The minimum atomic E-state index is -0.514. The summed E-state index contributed by atoms with van der Waals surface area (Å²) < 4.78 is 4.66. The van der Waals surface area contributed by atoms with Gasteiger partial charge >= 0.3 is 5.97 Å². The molecule has 128 valence electrons. The maximum Gasteiger partial charge on any atom is 0.315 e. The normalized spacial score (nSPS) is 12.8. The molecule has 0 aromatic heterocycles. The van der Waals surface area contributed by atoms with E-state index < -0.39 is 5.97 Å². The topological polar surface area (TPSA) is 46.6 Å². The molecule has 2 aromatic rings. The van der Waals surface area contributed by atoms with Gasteiger partial charge in [0.1, 0.15) is 6.42 Å². The third-order valence-electron chi connectivity index (χ3n) is 4.38. The first-order valence-corrected chi connectivity index (χ1v) is 8.37. The lowest BCUT2D eigenvalue weighted by atomic mass is 9.94. The maximum absolute atomic E-state index is 12.7. The Morgan fingerprint density at radius 2 is 1.72 bits per heavy atom. The molecule has 0 aliphatic heterocycles. The average molecular weight is 335 g/mol. The van der Waals surface area contributed by atoms with Crippen LogP contribution in [0, 0.1) is 0 Å². The minimum absolute atomic E-state index is 0.235. The molecule has 1 amide bonds. The molecule has 0 spiro atoms. The number of benzene rings is 2. The van der Waals surface area contributed by atoms with Gasteiger partial charge in [-0.1, -0.05) is 54.6 Å². The summed E-state index contributed by atoms with van der Waals surface area (Å²) in [6.45, 7) is 0.449. The number of nitrogens with zero attached hydrogens (tertiary/aromatic N) is 1. The van der Waals surface area contributed by atoms with Crippen molar-refractivity contribution in [3.8, 4) is 0 Å². The average Bonchev–Trinajstić information content (AvgIpc) is 2.66. The van der Waals surface area contributed by atoms with Crippen LogP contribution in [0.3, 0.4) is 0 Å². The number of ether oxygens (including phenoxy) is 1. The molecule has 4 nitrogen and oxygen atoms in total. The van der Waals surface area contributed by atoms with Crippen molar-refractivity contribution < 1.29 is 14.3 Å². The van der Waals surface area contributed by atoms with Crippen molar-refractivity contribution >= 4 is 18.0 Å². The van der Waals surface area contributed by atoms with Gasteiger partial charge in [0.15, 0.2) is 0 Å². The Morgan fingerprint density at radius 1 is 1.00 bits per heavy atom. The monoisotopic (exact) mass is 335 g/mol. The molecular weight excluding hydrogens is 314 g/mol. The summed E-state index contributed by atoms with van der Waals surface area (Å²) in [5.74, 6) is -0.749. The zero-order valence-corrected chi connectivity index (χ0v) is 14.3. The summed E-state index contributed by atoms with van der Waals surface area (Å²) in [5, 5.41) is 0. The van der Waals surface area contributed by atoms with Gasteiger partial charge in [-0.2, -0.15) is 0 Å². The number of hydrogen-bond acceptors (Lipinski definition) is 3. The lowest BCUT2D eigenvalue weighted by Gasteiger charge is -2.28. The maximum atomic E-state index is 12.7. The second-order valence-corrected chi connectivity index (χ2v) is 6.05. The SMILES string of the molecule is COC(=O)CC(=O)N(Cc1ccccc1)C1=Cc2ccccc2CC1. The zero-order chi connectivity index (χ0) is 17.6. The van der Waals surface area contributed by atoms with E-state index in [1.54, 1.807) is 4.90 Å². The molecule has 0 radical (unpaired) electrons. The number of aryl methyl sites for hydroxylation is 1. The first-order chi connectivity index (χ1) is 12.2. The highest BCUT2D eigenvalue weighted by Gasteiger charge is 2.23.